The molecule has 1 heterocycles. The van der Waals surface area contributed by atoms with Gasteiger partial charge >= 0.3 is 0 Å². The van der Waals surface area contributed by atoms with Crippen LogP contribution in [0.4, 0.5) is 0 Å². The number of hydrogen-bond acceptors (Lipinski definition) is 2. The summed E-state index contributed by atoms with van der Waals surface area (Å²) in [4.78, 5) is 3.97. The van der Waals surface area contributed by atoms with Gasteiger partial charge in [0.25, 0.3) is 0 Å². The first-order valence-electron chi connectivity index (χ1n) is 5.81. The smallest absolute Gasteiger partial charge is 0.0830 e. The predicted molar refractivity (Wildman–Crippen MR) is 68.8 cm³/mol. The lowest BCUT2D eigenvalue weighted by Gasteiger charge is -2.12. The molecule has 0 bridgehead atoms. The van der Waals surface area contributed by atoms with Crippen LogP contribution in [-0.2, 0) is 6.42 Å². The van der Waals surface area contributed by atoms with Crippen molar-refractivity contribution in [2.75, 3.05) is 0 Å². The van der Waals surface area contributed by atoms with E-state index in [1.165, 1.54) is 11.1 Å². The highest BCUT2D eigenvalue weighted by molar-refractivity contribution is 5.31. The maximum absolute atomic E-state index is 10.2. The van der Waals surface area contributed by atoms with Gasteiger partial charge in [-0.25, -0.2) is 0 Å². The van der Waals surface area contributed by atoms with Crippen LogP contribution < -0.4 is 0 Å². The third-order valence-electron chi connectivity index (χ3n) is 3.09. The molecule has 2 aromatic rings. The van der Waals surface area contributed by atoms with Crippen LogP contribution in [0.2, 0.25) is 0 Å². The average molecular weight is 227 g/mol. The average Bonchev–Trinajstić information content (AvgIpc) is 2.34. The lowest BCUT2D eigenvalue weighted by Crippen LogP contribution is -2.02. The molecule has 0 amide bonds. The van der Waals surface area contributed by atoms with Gasteiger partial charge in [-0.15, -0.1) is 0 Å². The fourth-order valence-electron chi connectivity index (χ4n) is 1.83. The molecule has 88 valence electrons. The zero-order chi connectivity index (χ0) is 12.3. The molecule has 2 rings (SSSR count). The summed E-state index contributed by atoms with van der Waals surface area (Å²) in [5.74, 6) is 0. The maximum atomic E-state index is 10.2. The molecule has 1 unspecified atom stereocenters. The van der Waals surface area contributed by atoms with Crippen LogP contribution >= 0.6 is 0 Å². The normalized spacial score (nSPS) is 12.4. The number of aryl methyl sites for hydroxylation is 2. The van der Waals surface area contributed by atoms with Crippen molar-refractivity contribution in [1.82, 2.24) is 4.98 Å². The Hall–Kier alpha value is -1.67. The van der Waals surface area contributed by atoms with Gasteiger partial charge in [-0.3, -0.25) is 4.98 Å². The molecule has 0 aliphatic heterocycles. The number of nitrogens with zero attached hydrogens (tertiary/aromatic N) is 1. The molecule has 0 saturated carbocycles. The molecule has 1 N–H and O–H groups in total. The minimum atomic E-state index is -0.448. The van der Waals surface area contributed by atoms with Crippen LogP contribution in [0.15, 0.2) is 42.7 Å². The minimum Gasteiger partial charge on any atom is -0.388 e. The summed E-state index contributed by atoms with van der Waals surface area (Å²) in [6, 6.07) is 9.98. The van der Waals surface area contributed by atoms with Crippen LogP contribution in [0.25, 0.3) is 0 Å². The zero-order valence-electron chi connectivity index (χ0n) is 10.2. The van der Waals surface area contributed by atoms with E-state index in [4.69, 9.17) is 0 Å². The molecular formula is C15H17NO. The largest absolute Gasteiger partial charge is 0.388 e. The fraction of sp³-hybridized carbons (Fsp3) is 0.267. The van der Waals surface area contributed by atoms with Crippen molar-refractivity contribution in [3.8, 4) is 0 Å². The van der Waals surface area contributed by atoms with Gasteiger partial charge < -0.3 is 5.11 Å². The second-order valence-corrected chi connectivity index (χ2v) is 4.42. The third-order valence-corrected chi connectivity index (χ3v) is 3.09. The van der Waals surface area contributed by atoms with E-state index in [0.29, 0.717) is 6.42 Å². The number of benzene rings is 1. The van der Waals surface area contributed by atoms with Crippen LogP contribution in [0, 0.1) is 13.8 Å². The molecule has 1 atom stereocenters. The Morgan fingerprint density at radius 1 is 1.06 bits per heavy atom. The van der Waals surface area contributed by atoms with E-state index in [-0.39, 0.29) is 0 Å². The van der Waals surface area contributed by atoms with Crippen LogP contribution in [0.3, 0.4) is 0 Å². The first kappa shape index (κ1) is 11.8. The van der Waals surface area contributed by atoms with Crippen molar-refractivity contribution in [1.29, 1.82) is 0 Å². The third kappa shape index (κ3) is 2.92. The number of rotatable bonds is 3. The summed E-state index contributed by atoms with van der Waals surface area (Å²) in [6.45, 7) is 4.15. The van der Waals surface area contributed by atoms with Crippen LogP contribution in [0.5, 0.6) is 0 Å². The summed E-state index contributed by atoms with van der Waals surface area (Å²) in [7, 11) is 0. The topological polar surface area (TPSA) is 33.1 Å². The monoisotopic (exact) mass is 227 g/mol. The Morgan fingerprint density at radius 3 is 2.41 bits per heavy atom. The number of aliphatic hydroxyl groups is 1. The Labute approximate surface area is 102 Å². The van der Waals surface area contributed by atoms with Gasteiger partial charge in [-0.05, 0) is 48.2 Å². The highest BCUT2D eigenvalue weighted by Gasteiger charge is 2.09. The van der Waals surface area contributed by atoms with Crippen molar-refractivity contribution in [3.05, 3.63) is 65.0 Å². The molecule has 0 aliphatic carbocycles. The van der Waals surface area contributed by atoms with Crippen molar-refractivity contribution in [3.63, 3.8) is 0 Å². The van der Waals surface area contributed by atoms with E-state index in [0.717, 1.165) is 11.1 Å². The van der Waals surface area contributed by atoms with Gasteiger partial charge in [0.1, 0.15) is 0 Å². The van der Waals surface area contributed by atoms with E-state index in [9.17, 15) is 5.11 Å². The summed E-state index contributed by atoms with van der Waals surface area (Å²) < 4.78 is 0. The van der Waals surface area contributed by atoms with Crippen LogP contribution in [0.1, 0.15) is 28.4 Å². The maximum Gasteiger partial charge on any atom is 0.0830 e. The molecule has 2 heteroatoms. The molecular weight excluding hydrogens is 210 g/mol. The molecule has 1 aromatic heterocycles. The number of hydrogen-bond donors (Lipinski definition) is 1. The van der Waals surface area contributed by atoms with Crippen LogP contribution in [-0.4, -0.2) is 10.1 Å². The van der Waals surface area contributed by atoms with Gasteiger partial charge in [0.05, 0.1) is 6.10 Å². The Morgan fingerprint density at radius 2 is 1.76 bits per heavy atom. The lowest BCUT2D eigenvalue weighted by molar-refractivity contribution is 0.178. The highest BCUT2D eigenvalue weighted by Crippen LogP contribution is 2.20. The molecule has 1 aromatic carbocycles. The van der Waals surface area contributed by atoms with E-state index >= 15 is 0 Å². The van der Waals surface area contributed by atoms with E-state index < -0.39 is 6.10 Å². The molecule has 17 heavy (non-hydrogen) atoms. The van der Waals surface area contributed by atoms with Gasteiger partial charge in [0.15, 0.2) is 0 Å². The van der Waals surface area contributed by atoms with Crippen molar-refractivity contribution in [2.45, 2.75) is 26.4 Å². The highest BCUT2D eigenvalue weighted by atomic mass is 16.3. The van der Waals surface area contributed by atoms with Crippen molar-refractivity contribution < 1.29 is 5.11 Å². The molecule has 0 spiro atoms. The van der Waals surface area contributed by atoms with E-state index in [2.05, 4.69) is 31.0 Å². The second-order valence-electron chi connectivity index (χ2n) is 4.42. The molecule has 0 fully saturated rings. The molecule has 0 aliphatic rings. The van der Waals surface area contributed by atoms with E-state index in [1.54, 1.807) is 12.4 Å². The van der Waals surface area contributed by atoms with Crippen molar-refractivity contribution in [2.24, 2.45) is 0 Å². The zero-order valence-corrected chi connectivity index (χ0v) is 10.2. The van der Waals surface area contributed by atoms with E-state index in [1.807, 2.05) is 18.2 Å². The minimum absolute atomic E-state index is 0.448. The fourth-order valence-corrected chi connectivity index (χ4v) is 1.83. The Bertz CT molecular complexity index is 494. The number of pyridine rings is 1. The predicted octanol–water partition coefficient (Wildman–Crippen LogP) is 2.97. The van der Waals surface area contributed by atoms with Gasteiger partial charge in [-0.2, -0.15) is 0 Å². The van der Waals surface area contributed by atoms with Gasteiger partial charge in [-0.1, -0.05) is 18.2 Å². The van der Waals surface area contributed by atoms with Gasteiger partial charge in [0, 0.05) is 18.8 Å². The first-order valence-corrected chi connectivity index (χ1v) is 5.81. The lowest BCUT2D eigenvalue weighted by atomic mass is 9.98. The second kappa shape index (κ2) is 5.11. The number of aliphatic hydroxyl groups excluding tert-OH is 1. The molecule has 0 radical (unpaired) electrons. The van der Waals surface area contributed by atoms with Crippen molar-refractivity contribution >= 4 is 0 Å². The summed E-state index contributed by atoms with van der Waals surface area (Å²) in [5.41, 5.74) is 4.55. The SMILES string of the molecule is Cc1ccc(C(O)Cc2ccncc2)cc1C. The summed E-state index contributed by atoms with van der Waals surface area (Å²) >= 11 is 0. The molecule has 0 saturated heterocycles. The first-order chi connectivity index (χ1) is 8.16. The Balaban J connectivity index is 2.14. The number of aromatic nitrogens is 1. The Kier molecular flexibility index (Phi) is 3.55. The quantitative estimate of drug-likeness (QED) is 0.874. The van der Waals surface area contributed by atoms with Gasteiger partial charge in [0.2, 0.25) is 0 Å². The standard InChI is InChI=1S/C15H17NO/c1-11-3-4-14(9-12(11)2)15(17)10-13-5-7-16-8-6-13/h3-9,15,17H,10H2,1-2H3. The molecule has 2 nitrogen and oxygen atoms in total. The summed E-state index contributed by atoms with van der Waals surface area (Å²) in [6.07, 6.45) is 3.69. The summed E-state index contributed by atoms with van der Waals surface area (Å²) in [5, 5.41) is 10.2.